The minimum Gasteiger partial charge on any atom is -0.466 e. The van der Waals surface area contributed by atoms with Crippen LogP contribution < -0.4 is 0 Å². The fraction of sp³-hybridized carbons (Fsp3) is 0.269. The number of hydrogen-bond acceptors (Lipinski definition) is 6. The molecule has 0 bridgehead atoms. The average molecular weight is 444 g/mol. The van der Waals surface area contributed by atoms with Crippen molar-refractivity contribution in [2.24, 2.45) is 5.92 Å². The van der Waals surface area contributed by atoms with Crippen molar-refractivity contribution < 1.29 is 23.3 Å². The van der Waals surface area contributed by atoms with Gasteiger partial charge in [0.25, 0.3) is 5.91 Å². The van der Waals surface area contributed by atoms with Crippen LogP contribution in [0.1, 0.15) is 34.5 Å². The molecule has 7 nitrogen and oxygen atoms in total. The second-order valence-electron chi connectivity index (χ2n) is 8.30. The van der Waals surface area contributed by atoms with Gasteiger partial charge >= 0.3 is 5.97 Å². The summed E-state index contributed by atoms with van der Waals surface area (Å²) in [5.74, 6) is -0.296. The van der Waals surface area contributed by atoms with Crippen LogP contribution >= 0.6 is 0 Å². The minimum absolute atomic E-state index is 0.234. The van der Waals surface area contributed by atoms with E-state index in [0.29, 0.717) is 23.6 Å². The second-order valence-corrected chi connectivity index (χ2v) is 8.30. The van der Waals surface area contributed by atoms with Crippen molar-refractivity contribution in [1.29, 1.82) is 0 Å². The number of esters is 1. The second kappa shape index (κ2) is 8.58. The standard InChI is InChI=1S/C26H24N2O5/c1-3-31-26(30)21-15-28(14-20(21)23-12-18-6-4-5-7-22(18)32-23)25(29)19-13-27-33-24(19)17-10-8-16(2)9-11-17/h4-13,20-21H,3,14-15H2,1-2H3/t20-,21-/m1/s1. The number of carbonyl (C=O) groups is 2. The first-order valence-corrected chi connectivity index (χ1v) is 11.0. The summed E-state index contributed by atoms with van der Waals surface area (Å²) in [6.07, 6.45) is 1.44. The number of amides is 1. The first kappa shape index (κ1) is 21.0. The number of ether oxygens (including phenoxy) is 1. The molecular formula is C26H24N2O5. The molecule has 5 rings (SSSR count). The lowest BCUT2D eigenvalue weighted by Crippen LogP contribution is -2.30. The van der Waals surface area contributed by atoms with Gasteiger partial charge in [0.05, 0.1) is 18.7 Å². The molecule has 3 heterocycles. The van der Waals surface area contributed by atoms with Crippen LogP contribution in [0, 0.1) is 12.8 Å². The average Bonchev–Trinajstić information content (AvgIpc) is 3.56. The SMILES string of the molecule is CCOC(=O)[C@@H]1CN(C(=O)c2cnoc2-c2ccc(C)cc2)C[C@H]1c1cc2ccccc2o1. The molecular weight excluding hydrogens is 420 g/mol. The third kappa shape index (κ3) is 3.91. The molecule has 1 saturated heterocycles. The number of hydrogen-bond donors (Lipinski definition) is 0. The molecule has 0 N–H and O–H groups in total. The van der Waals surface area contributed by atoms with Gasteiger partial charge in [0.15, 0.2) is 5.76 Å². The lowest BCUT2D eigenvalue weighted by atomic mass is 9.93. The lowest BCUT2D eigenvalue weighted by molar-refractivity contribution is -0.148. The summed E-state index contributed by atoms with van der Waals surface area (Å²) in [5.41, 5.74) is 3.00. The summed E-state index contributed by atoms with van der Waals surface area (Å²) >= 11 is 0. The molecule has 2 aromatic heterocycles. The normalized spacial score (nSPS) is 18.1. The molecule has 7 heteroatoms. The molecule has 1 amide bonds. The fourth-order valence-electron chi connectivity index (χ4n) is 4.41. The zero-order chi connectivity index (χ0) is 22.9. The summed E-state index contributed by atoms with van der Waals surface area (Å²) in [6.45, 7) is 4.61. The largest absolute Gasteiger partial charge is 0.466 e. The predicted molar refractivity (Wildman–Crippen MR) is 122 cm³/mol. The summed E-state index contributed by atoms with van der Waals surface area (Å²) in [4.78, 5) is 27.9. The molecule has 33 heavy (non-hydrogen) atoms. The van der Waals surface area contributed by atoms with Crippen LogP contribution in [0.25, 0.3) is 22.3 Å². The Morgan fingerprint density at radius 2 is 1.91 bits per heavy atom. The van der Waals surface area contributed by atoms with Gasteiger partial charge in [-0.2, -0.15) is 0 Å². The van der Waals surface area contributed by atoms with Crippen LogP contribution in [0.15, 0.2) is 69.7 Å². The summed E-state index contributed by atoms with van der Waals surface area (Å²) < 4.78 is 16.8. The molecule has 168 valence electrons. The van der Waals surface area contributed by atoms with Gasteiger partial charge in [0, 0.05) is 30.0 Å². The van der Waals surface area contributed by atoms with Gasteiger partial charge in [0.2, 0.25) is 0 Å². The van der Waals surface area contributed by atoms with Crippen molar-refractivity contribution in [1.82, 2.24) is 10.1 Å². The molecule has 1 fully saturated rings. The van der Waals surface area contributed by atoms with Crippen molar-refractivity contribution in [3.05, 3.63) is 77.7 Å². The van der Waals surface area contributed by atoms with Crippen LogP contribution in [0.3, 0.4) is 0 Å². The highest BCUT2D eigenvalue weighted by Gasteiger charge is 2.44. The Labute approximate surface area is 190 Å². The van der Waals surface area contributed by atoms with Crippen molar-refractivity contribution in [3.63, 3.8) is 0 Å². The highest BCUT2D eigenvalue weighted by molar-refractivity contribution is 6.00. The van der Waals surface area contributed by atoms with E-state index in [1.165, 1.54) is 6.20 Å². The van der Waals surface area contributed by atoms with E-state index in [-0.39, 0.29) is 30.9 Å². The quantitative estimate of drug-likeness (QED) is 0.411. The number of nitrogens with zero attached hydrogens (tertiary/aromatic N) is 2. The number of para-hydroxylation sites is 1. The zero-order valence-electron chi connectivity index (χ0n) is 18.5. The van der Waals surface area contributed by atoms with Gasteiger partial charge in [-0.1, -0.05) is 53.2 Å². The number of likely N-dealkylation sites (tertiary alicyclic amines) is 1. The molecule has 0 unspecified atom stereocenters. The Bertz CT molecular complexity index is 1270. The highest BCUT2D eigenvalue weighted by atomic mass is 16.5. The fourth-order valence-corrected chi connectivity index (χ4v) is 4.41. The zero-order valence-corrected chi connectivity index (χ0v) is 18.5. The molecule has 4 aromatic rings. The van der Waals surface area contributed by atoms with Crippen LogP contribution in [-0.4, -0.2) is 41.6 Å². The van der Waals surface area contributed by atoms with Crippen LogP contribution in [0.5, 0.6) is 0 Å². The molecule has 2 atom stereocenters. The number of furan rings is 1. The summed E-state index contributed by atoms with van der Waals surface area (Å²) in [7, 11) is 0. The Morgan fingerprint density at radius 1 is 1.12 bits per heavy atom. The highest BCUT2D eigenvalue weighted by Crippen LogP contribution is 2.38. The van der Waals surface area contributed by atoms with E-state index in [2.05, 4.69) is 5.16 Å². The van der Waals surface area contributed by atoms with E-state index in [1.54, 1.807) is 11.8 Å². The van der Waals surface area contributed by atoms with Crippen LogP contribution in [-0.2, 0) is 9.53 Å². The Hall–Kier alpha value is -3.87. The van der Waals surface area contributed by atoms with Crippen molar-refractivity contribution in [2.75, 3.05) is 19.7 Å². The van der Waals surface area contributed by atoms with E-state index in [9.17, 15) is 9.59 Å². The van der Waals surface area contributed by atoms with Crippen molar-refractivity contribution >= 4 is 22.8 Å². The van der Waals surface area contributed by atoms with Gasteiger partial charge in [-0.3, -0.25) is 9.59 Å². The van der Waals surface area contributed by atoms with E-state index in [1.807, 2.05) is 61.5 Å². The minimum atomic E-state index is -0.517. The van der Waals surface area contributed by atoms with E-state index < -0.39 is 5.92 Å². The molecule has 0 aliphatic carbocycles. The van der Waals surface area contributed by atoms with Crippen LogP contribution in [0.2, 0.25) is 0 Å². The van der Waals surface area contributed by atoms with E-state index in [4.69, 9.17) is 13.7 Å². The third-order valence-corrected chi connectivity index (χ3v) is 6.12. The molecule has 0 radical (unpaired) electrons. The number of aromatic nitrogens is 1. The smallest absolute Gasteiger partial charge is 0.311 e. The third-order valence-electron chi connectivity index (χ3n) is 6.12. The first-order valence-electron chi connectivity index (χ1n) is 11.0. The Kier molecular flexibility index (Phi) is 5.46. The van der Waals surface area contributed by atoms with Gasteiger partial charge in [-0.15, -0.1) is 0 Å². The Balaban J connectivity index is 1.46. The van der Waals surface area contributed by atoms with Crippen LogP contribution in [0.4, 0.5) is 0 Å². The Morgan fingerprint density at radius 3 is 2.67 bits per heavy atom. The van der Waals surface area contributed by atoms with Crippen molar-refractivity contribution in [2.45, 2.75) is 19.8 Å². The number of aryl methyl sites for hydroxylation is 1. The topological polar surface area (TPSA) is 85.8 Å². The van der Waals surface area contributed by atoms with Gasteiger partial charge in [-0.25, -0.2) is 0 Å². The van der Waals surface area contributed by atoms with E-state index >= 15 is 0 Å². The number of benzene rings is 2. The van der Waals surface area contributed by atoms with E-state index in [0.717, 1.165) is 22.1 Å². The maximum absolute atomic E-state index is 13.5. The maximum atomic E-state index is 13.5. The monoisotopic (exact) mass is 444 g/mol. The molecule has 1 aliphatic heterocycles. The molecule has 1 aliphatic rings. The number of rotatable bonds is 5. The molecule has 2 aromatic carbocycles. The first-order chi connectivity index (χ1) is 16.0. The van der Waals surface area contributed by atoms with Crippen molar-refractivity contribution in [3.8, 4) is 11.3 Å². The molecule has 0 spiro atoms. The number of carbonyl (C=O) groups excluding carboxylic acids is 2. The summed E-state index contributed by atoms with van der Waals surface area (Å²) in [5, 5.41) is 4.83. The van der Waals surface area contributed by atoms with Gasteiger partial charge in [0.1, 0.15) is 16.9 Å². The lowest BCUT2D eigenvalue weighted by Gasteiger charge is -2.15. The maximum Gasteiger partial charge on any atom is 0.311 e. The van der Waals surface area contributed by atoms with Gasteiger partial charge < -0.3 is 18.6 Å². The molecule has 0 saturated carbocycles. The van der Waals surface area contributed by atoms with Gasteiger partial charge in [-0.05, 0) is 26.0 Å². The summed E-state index contributed by atoms with van der Waals surface area (Å²) in [6, 6.07) is 17.3. The predicted octanol–water partition coefficient (Wildman–Crippen LogP) is 4.82. The number of fused-ring (bicyclic) bond motifs is 1.